The molecule has 0 bridgehead atoms. The van der Waals surface area contributed by atoms with E-state index in [0.29, 0.717) is 0 Å². The van der Waals surface area contributed by atoms with Gasteiger partial charge < -0.3 is 29.9 Å². The second-order valence-corrected chi connectivity index (χ2v) is 8.40. The maximum Gasteiger partial charge on any atom is 0.407 e. The Morgan fingerprint density at radius 1 is 1.00 bits per heavy atom. The van der Waals surface area contributed by atoms with Gasteiger partial charge in [-0.3, -0.25) is 4.79 Å². The molecule has 0 spiro atoms. The van der Waals surface area contributed by atoms with Crippen molar-refractivity contribution < 1.29 is 34.1 Å². The number of ether oxygens (including phenoxy) is 2. The molecule has 2 aliphatic rings. The monoisotopic (exact) mass is 468 g/mol. The lowest BCUT2D eigenvalue weighted by atomic mass is 9.98. The standard InChI is InChI=1S/C25H28N2O7/c28-16-13-22(24(30)31)27(14-16)23(29)9-11-33-12-10-26-25(32)34-15-21-19-7-3-1-5-17(19)18-6-2-4-8-20(18)21/h1-8,16,21-22,28H,9-15H2,(H,26,32)(H,30,31)/t16?,22-/m0/s1. The van der Waals surface area contributed by atoms with Gasteiger partial charge in [0.25, 0.3) is 0 Å². The van der Waals surface area contributed by atoms with Gasteiger partial charge >= 0.3 is 12.1 Å². The Labute approximate surface area is 197 Å². The highest BCUT2D eigenvalue weighted by Gasteiger charge is 2.38. The third kappa shape index (κ3) is 5.21. The second kappa shape index (κ2) is 10.7. The van der Waals surface area contributed by atoms with Gasteiger partial charge in [0.05, 0.1) is 25.7 Å². The highest BCUT2D eigenvalue weighted by Crippen LogP contribution is 2.44. The highest BCUT2D eigenvalue weighted by atomic mass is 16.5. The first-order valence-corrected chi connectivity index (χ1v) is 11.3. The van der Waals surface area contributed by atoms with Gasteiger partial charge in [0.2, 0.25) is 5.91 Å². The number of hydrogen-bond acceptors (Lipinski definition) is 6. The van der Waals surface area contributed by atoms with Crippen molar-refractivity contribution in [1.82, 2.24) is 10.2 Å². The van der Waals surface area contributed by atoms with Gasteiger partial charge in [-0.05, 0) is 22.3 Å². The molecule has 1 aliphatic heterocycles. The highest BCUT2D eigenvalue weighted by molar-refractivity contribution is 5.84. The summed E-state index contributed by atoms with van der Waals surface area (Å²) in [6, 6.07) is 15.2. The molecule has 2 amide bonds. The first kappa shape index (κ1) is 23.7. The largest absolute Gasteiger partial charge is 0.480 e. The number of aliphatic carboxylic acids is 1. The summed E-state index contributed by atoms with van der Waals surface area (Å²) in [5.74, 6) is -1.52. The van der Waals surface area contributed by atoms with Crippen LogP contribution in [0.2, 0.25) is 0 Å². The van der Waals surface area contributed by atoms with Crippen LogP contribution >= 0.6 is 0 Å². The average Bonchev–Trinajstić information content (AvgIpc) is 3.38. The number of benzene rings is 2. The molecule has 0 saturated carbocycles. The summed E-state index contributed by atoms with van der Waals surface area (Å²) in [6.07, 6.45) is -1.34. The number of carbonyl (C=O) groups is 3. The van der Waals surface area contributed by atoms with Gasteiger partial charge in [0.1, 0.15) is 12.6 Å². The summed E-state index contributed by atoms with van der Waals surface area (Å²) in [6.45, 7) is 0.721. The number of likely N-dealkylation sites (tertiary alicyclic amines) is 1. The molecule has 9 nitrogen and oxygen atoms in total. The van der Waals surface area contributed by atoms with Crippen LogP contribution in [0.1, 0.15) is 29.9 Å². The van der Waals surface area contributed by atoms with Crippen LogP contribution in [-0.4, -0.2) is 78.1 Å². The number of β-amino-alcohol motifs (C(OH)–C–C–N with tert-alkyl or cyclic N) is 1. The molecule has 0 radical (unpaired) electrons. The summed E-state index contributed by atoms with van der Waals surface area (Å²) >= 11 is 0. The van der Waals surface area contributed by atoms with Gasteiger partial charge in [-0.25, -0.2) is 9.59 Å². The lowest BCUT2D eigenvalue weighted by molar-refractivity contribution is -0.148. The first-order chi connectivity index (χ1) is 16.5. The topological polar surface area (TPSA) is 125 Å². The number of nitrogens with zero attached hydrogens (tertiary/aromatic N) is 1. The molecule has 2 aromatic rings. The normalized spacial score (nSPS) is 18.9. The van der Waals surface area contributed by atoms with Gasteiger partial charge in [0, 0.05) is 25.4 Å². The van der Waals surface area contributed by atoms with Crippen LogP contribution in [0.3, 0.4) is 0 Å². The molecule has 3 N–H and O–H groups in total. The van der Waals surface area contributed by atoms with E-state index in [1.807, 2.05) is 24.3 Å². The summed E-state index contributed by atoms with van der Waals surface area (Å²) < 4.78 is 10.8. The van der Waals surface area contributed by atoms with Gasteiger partial charge in [-0.2, -0.15) is 0 Å². The number of alkyl carbamates (subject to hydrolysis) is 1. The van der Waals surface area contributed by atoms with E-state index in [9.17, 15) is 19.5 Å². The van der Waals surface area contributed by atoms with E-state index in [0.717, 1.165) is 22.3 Å². The number of rotatable bonds is 9. The number of carbonyl (C=O) groups excluding carboxylic acids is 2. The number of hydrogen-bond donors (Lipinski definition) is 3. The van der Waals surface area contributed by atoms with E-state index in [2.05, 4.69) is 29.6 Å². The summed E-state index contributed by atoms with van der Waals surface area (Å²) in [7, 11) is 0. The Hall–Kier alpha value is -3.43. The van der Waals surface area contributed by atoms with Crippen LogP contribution in [0.25, 0.3) is 11.1 Å². The number of aliphatic hydroxyl groups is 1. The van der Waals surface area contributed by atoms with Crippen molar-refractivity contribution in [2.24, 2.45) is 0 Å². The maximum atomic E-state index is 12.2. The van der Waals surface area contributed by atoms with Crippen molar-refractivity contribution in [3.63, 3.8) is 0 Å². The first-order valence-electron chi connectivity index (χ1n) is 11.3. The van der Waals surface area contributed by atoms with Crippen molar-refractivity contribution in [2.75, 3.05) is 32.9 Å². The molecule has 0 aromatic heterocycles. The molecule has 1 fully saturated rings. The molecule has 9 heteroatoms. The number of aliphatic hydroxyl groups excluding tert-OH is 1. The van der Waals surface area contributed by atoms with Gasteiger partial charge in [-0.1, -0.05) is 48.5 Å². The van der Waals surface area contributed by atoms with Gasteiger partial charge in [-0.15, -0.1) is 0 Å². The minimum Gasteiger partial charge on any atom is -0.480 e. The van der Waals surface area contributed by atoms with Crippen molar-refractivity contribution in [3.05, 3.63) is 59.7 Å². The average molecular weight is 469 g/mol. The molecule has 1 unspecified atom stereocenters. The third-order valence-corrected chi connectivity index (χ3v) is 6.20. The van der Waals surface area contributed by atoms with E-state index in [1.54, 1.807) is 0 Å². The molecule has 2 atom stereocenters. The van der Waals surface area contributed by atoms with Crippen LogP contribution in [0, 0.1) is 0 Å². The van der Waals surface area contributed by atoms with E-state index in [-0.39, 0.29) is 57.6 Å². The summed E-state index contributed by atoms with van der Waals surface area (Å²) in [5, 5.41) is 21.4. The fourth-order valence-electron chi connectivity index (χ4n) is 4.60. The lowest BCUT2D eigenvalue weighted by Gasteiger charge is -2.21. The fraction of sp³-hybridized carbons (Fsp3) is 0.400. The zero-order chi connectivity index (χ0) is 24.1. The second-order valence-electron chi connectivity index (χ2n) is 8.40. The Balaban J connectivity index is 1.15. The number of amides is 2. The molecule has 2 aromatic carbocycles. The smallest absolute Gasteiger partial charge is 0.407 e. The molecule has 34 heavy (non-hydrogen) atoms. The number of fused-ring (bicyclic) bond motifs is 3. The molecular weight excluding hydrogens is 440 g/mol. The van der Waals surface area contributed by atoms with Crippen molar-refractivity contribution in [3.8, 4) is 11.1 Å². The molecule has 4 rings (SSSR count). The maximum absolute atomic E-state index is 12.2. The molecular formula is C25H28N2O7. The summed E-state index contributed by atoms with van der Waals surface area (Å²) in [5.41, 5.74) is 4.60. The predicted octanol–water partition coefficient (Wildman–Crippen LogP) is 1.98. The number of carboxylic acid groups (broad SMARTS) is 1. The number of carboxylic acids is 1. The number of nitrogens with one attached hydrogen (secondary N) is 1. The third-order valence-electron chi connectivity index (χ3n) is 6.20. The zero-order valence-electron chi connectivity index (χ0n) is 18.7. The fourth-order valence-corrected chi connectivity index (χ4v) is 4.60. The lowest BCUT2D eigenvalue weighted by Crippen LogP contribution is -2.41. The molecule has 1 aliphatic carbocycles. The Kier molecular flexibility index (Phi) is 7.44. The van der Waals surface area contributed by atoms with E-state index in [4.69, 9.17) is 14.6 Å². The van der Waals surface area contributed by atoms with Gasteiger partial charge in [0.15, 0.2) is 0 Å². The zero-order valence-corrected chi connectivity index (χ0v) is 18.7. The SMILES string of the molecule is O=C(NCCOCCC(=O)N1CC(O)C[C@H]1C(=O)O)OCC1c2ccccc2-c2ccccc21. The van der Waals surface area contributed by atoms with E-state index < -0.39 is 24.2 Å². The minimum atomic E-state index is -1.13. The predicted molar refractivity (Wildman–Crippen MR) is 122 cm³/mol. The quantitative estimate of drug-likeness (QED) is 0.481. The minimum absolute atomic E-state index is 0.00143. The Bertz CT molecular complexity index is 1010. The van der Waals surface area contributed by atoms with Crippen LogP contribution in [0.4, 0.5) is 4.79 Å². The Morgan fingerprint density at radius 2 is 1.65 bits per heavy atom. The van der Waals surface area contributed by atoms with E-state index >= 15 is 0 Å². The summed E-state index contributed by atoms with van der Waals surface area (Å²) in [4.78, 5) is 36.7. The van der Waals surface area contributed by atoms with Crippen LogP contribution in [0.5, 0.6) is 0 Å². The van der Waals surface area contributed by atoms with E-state index in [1.165, 1.54) is 4.90 Å². The van der Waals surface area contributed by atoms with Crippen LogP contribution in [-0.2, 0) is 19.1 Å². The molecule has 1 saturated heterocycles. The van der Waals surface area contributed by atoms with Crippen molar-refractivity contribution >= 4 is 18.0 Å². The van der Waals surface area contributed by atoms with Crippen LogP contribution in [0.15, 0.2) is 48.5 Å². The van der Waals surface area contributed by atoms with Crippen molar-refractivity contribution in [2.45, 2.75) is 30.9 Å². The molecule has 1 heterocycles. The Morgan fingerprint density at radius 3 is 2.29 bits per heavy atom. The molecule has 180 valence electrons. The van der Waals surface area contributed by atoms with Crippen LogP contribution < -0.4 is 5.32 Å². The van der Waals surface area contributed by atoms with Crippen molar-refractivity contribution in [1.29, 1.82) is 0 Å².